The van der Waals surface area contributed by atoms with Crippen LogP contribution in [0.1, 0.15) is 47.9 Å². The number of hydrogen-bond donors (Lipinski definition) is 3. The number of phenolic OH excluding ortho intramolecular Hbond substituents is 1. The van der Waals surface area contributed by atoms with E-state index in [0.717, 1.165) is 28.6 Å². The zero-order valence-electron chi connectivity index (χ0n) is 15.9. The highest BCUT2D eigenvalue weighted by atomic mass is 16.3. The van der Waals surface area contributed by atoms with Gasteiger partial charge in [0, 0.05) is 12.1 Å². The van der Waals surface area contributed by atoms with Crippen LogP contribution in [0.25, 0.3) is 11.0 Å². The first-order valence-corrected chi connectivity index (χ1v) is 9.66. The van der Waals surface area contributed by atoms with Gasteiger partial charge in [-0.25, -0.2) is 4.98 Å². The van der Waals surface area contributed by atoms with E-state index in [0.29, 0.717) is 12.1 Å². The summed E-state index contributed by atoms with van der Waals surface area (Å²) in [6, 6.07) is 10.3. The standard InChI is InChI=1S/C22H23N3O3/c1-12-19-20(27)15-5-4-14(26)10-16(15)22(12,2)7-8-25(19)21(28)13-3-6-17-18(9-13)24-11-23-17/h3-6,9-12,19-20,26-27H,7-8H2,1-2H3,(H,23,24)/t12-,19-,20?,22+/m0/s1. The van der Waals surface area contributed by atoms with Gasteiger partial charge in [-0.2, -0.15) is 0 Å². The molecule has 1 fully saturated rings. The molecule has 1 aliphatic heterocycles. The molecule has 1 amide bonds. The summed E-state index contributed by atoms with van der Waals surface area (Å²) in [5, 5.41) is 21.1. The number of hydrogen-bond acceptors (Lipinski definition) is 4. The lowest BCUT2D eigenvalue weighted by molar-refractivity contribution is -0.0397. The molecule has 2 heterocycles. The van der Waals surface area contributed by atoms with Crippen LogP contribution < -0.4 is 0 Å². The molecular formula is C22H23N3O3. The number of piperidine rings is 1. The van der Waals surface area contributed by atoms with E-state index in [1.165, 1.54) is 0 Å². The largest absolute Gasteiger partial charge is 0.508 e. The summed E-state index contributed by atoms with van der Waals surface area (Å²) < 4.78 is 0. The summed E-state index contributed by atoms with van der Waals surface area (Å²) in [6.45, 7) is 4.84. The van der Waals surface area contributed by atoms with Crippen LogP contribution in [0.15, 0.2) is 42.7 Å². The maximum Gasteiger partial charge on any atom is 0.254 e. The second-order valence-electron chi connectivity index (χ2n) is 8.30. The number of imidazole rings is 1. The van der Waals surface area contributed by atoms with Gasteiger partial charge >= 0.3 is 0 Å². The van der Waals surface area contributed by atoms with Gasteiger partial charge in [0.2, 0.25) is 0 Å². The summed E-state index contributed by atoms with van der Waals surface area (Å²) in [6.07, 6.45) is 1.62. The van der Waals surface area contributed by atoms with Gasteiger partial charge < -0.3 is 20.1 Å². The van der Waals surface area contributed by atoms with Gasteiger partial charge in [0.1, 0.15) is 5.75 Å². The van der Waals surface area contributed by atoms with Crippen molar-refractivity contribution in [3.63, 3.8) is 0 Å². The molecule has 2 aliphatic rings. The Bertz CT molecular complexity index is 1090. The second kappa shape index (κ2) is 5.82. The molecular weight excluding hydrogens is 354 g/mol. The van der Waals surface area contributed by atoms with Crippen molar-refractivity contribution >= 4 is 16.9 Å². The zero-order chi connectivity index (χ0) is 19.6. The molecule has 6 heteroatoms. The highest BCUT2D eigenvalue weighted by Crippen LogP contribution is 2.53. The van der Waals surface area contributed by atoms with Crippen LogP contribution in [0.3, 0.4) is 0 Å². The Morgan fingerprint density at radius 3 is 2.93 bits per heavy atom. The van der Waals surface area contributed by atoms with Crippen molar-refractivity contribution in [3.8, 4) is 5.75 Å². The number of aromatic hydroxyl groups is 1. The van der Waals surface area contributed by atoms with Gasteiger partial charge in [-0.05, 0) is 59.2 Å². The summed E-state index contributed by atoms with van der Waals surface area (Å²) >= 11 is 0. The third-order valence-electron chi connectivity index (χ3n) is 6.97. The molecule has 2 bridgehead atoms. The van der Waals surface area contributed by atoms with E-state index in [9.17, 15) is 15.0 Å². The molecule has 3 N–H and O–H groups in total. The number of aromatic amines is 1. The minimum absolute atomic E-state index is 0.0605. The van der Waals surface area contributed by atoms with Gasteiger partial charge in [-0.3, -0.25) is 4.79 Å². The Morgan fingerprint density at radius 2 is 2.11 bits per heavy atom. The van der Waals surface area contributed by atoms with Crippen molar-refractivity contribution < 1.29 is 15.0 Å². The number of nitrogens with one attached hydrogen (secondary N) is 1. The molecule has 1 aliphatic carbocycles. The van der Waals surface area contributed by atoms with Gasteiger partial charge in [0.25, 0.3) is 5.91 Å². The fourth-order valence-corrected chi connectivity index (χ4v) is 5.15. The number of aliphatic hydroxyl groups is 1. The van der Waals surface area contributed by atoms with Gasteiger partial charge in [0.05, 0.1) is 29.5 Å². The Hall–Kier alpha value is -2.86. The lowest BCUT2D eigenvalue weighted by Gasteiger charge is -2.56. The highest BCUT2D eigenvalue weighted by Gasteiger charge is 2.53. The molecule has 0 radical (unpaired) electrons. The molecule has 3 aromatic rings. The van der Waals surface area contributed by atoms with E-state index in [4.69, 9.17) is 0 Å². The number of rotatable bonds is 1. The number of amides is 1. The third kappa shape index (κ3) is 2.24. The van der Waals surface area contributed by atoms with Crippen molar-refractivity contribution in [2.75, 3.05) is 6.54 Å². The van der Waals surface area contributed by atoms with Crippen LogP contribution in [-0.4, -0.2) is 43.6 Å². The van der Waals surface area contributed by atoms with Crippen LogP contribution in [0.2, 0.25) is 0 Å². The molecule has 2 aromatic carbocycles. The molecule has 28 heavy (non-hydrogen) atoms. The van der Waals surface area contributed by atoms with Crippen LogP contribution in [-0.2, 0) is 5.41 Å². The molecule has 4 atom stereocenters. The van der Waals surface area contributed by atoms with Gasteiger partial charge in [-0.15, -0.1) is 0 Å². The van der Waals surface area contributed by atoms with Crippen molar-refractivity contribution in [2.24, 2.45) is 5.92 Å². The van der Waals surface area contributed by atoms with Crippen molar-refractivity contribution in [1.29, 1.82) is 0 Å². The van der Waals surface area contributed by atoms with E-state index in [-0.39, 0.29) is 29.0 Å². The number of carbonyl (C=O) groups excluding carboxylic acids is 1. The lowest BCUT2D eigenvalue weighted by atomic mass is 9.58. The summed E-state index contributed by atoms with van der Waals surface area (Å²) in [5.74, 6) is 0.200. The van der Waals surface area contributed by atoms with Gasteiger partial charge in [-0.1, -0.05) is 19.9 Å². The molecule has 1 saturated heterocycles. The van der Waals surface area contributed by atoms with E-state index in [1.54, 1.807) is 30.6 Å². The summed E-state index contributed by atoms with van der Waals surface area (Å²) in [5.41, 5.74) is 3.85. The Kier molecular flexibility index (Phi) is 3.58. The van der Waals surface area contributed by atoms with E-state index < -0.39 is 6.10 Å². The number of benzene rings is 2. The monoisotopic (exact) mass is 377 g/mol. The minimum atomic E-state index is -0.779. The molecule has 144 valence electrons. The number of aromatic nitrogens is 2. The first kappa shape index (κ1) is 17.3. The van der Waals surface area contributed by atoms with Crippen molar-refractivity contribution in [3.05, 3.63) is 59.4 Å². The first-order valence-electron chi connectivity index (χ1n) is 9.66. The Balaban J connectivity index is 1.56. The zero-order valence-corrected chi connectivity index (χ0v) is 15.9. The highest BCUT2D eigenvalue weighted by molar-refractivity contribution is 5.97. The minimum Gasteiger partial charge on any atom is -0.508 e. The van der Waals surface area contributed by atoms with Crippen molar-refractivity contribution in [1.82, 2.24) is 14.9 Å². The van der Waals surface area contributed by atoms with Crippen molar-refractivity contribution in [2.45, 2.75) is 37.8 Å². The normalized spacial score (nSPS) is 29.0. The number of H-pyrrole nitrogens is 1. The average molecular weight is 377 g/mol. The Morgan fingerprint density at radius 1 is 1.29 bits per heavy atom. The SMILES string of the molecule is C[C@H]1[C@H]2C(O)c3ccc(O)cc3[C@]1(C)CCN2C(=O)c1ccc2nc[nH]c2c1. The summed E-state index contributed by atoms with van der Waals surface area (Å²) in [7, 11) is 0. The predicted octanol–water partition coefficient (Wildman–Crippen LogP) is 3.12. The second-order valence-corrected chi connectivity index (χ2v) is 8.30. The molecule has 5 rings (SSSR count). The number of likely N-dealkylation sites (tertiary alicyclic amines) is 1. The van der Waals surface area contributed by atoms with Crippen LogP contribution in [0.4, 0.5) is 0 Å². The summed E-state index contributed by atoms with van der Waals surface area (Å²) in [4.78, 5) is 22.4. The van der Waals surface area contributed by atoms with Crippen LogP contribution >= 0.6 is 0 Å². The van der Waals surface area contributed by atoms with E-state index >= 15 is 0 Å². The van der Waals surface area contributed by atoms with E-state index in [1.807, 2.05) is 17.0 Å². The number of fused-ring (bicyclic) bond motifs is 5. The molecule has 1 unspecified atom stereocenters. The average Bonchev–Trinajstić information content (AvgIpc) is 3.15. The van der Waals surface area contributed by atoms with Gasteiger partial charge in [0.15, 0.2) is 0 Å². The molecule has 1 aromatic heterocycles. The topological polar surface area (TPSA) is 89.4 Å². The first-order chi connectivity index (χ1) is 13.4. The fraction of sp³-hybridized carbons (Fsp3) is 0.364. The maximum absolute atomic E-state index is 13.4. The predicted molar refractivity (Wildman–Crippen MR) is 105 cm³/mol. The van der Waals surface area contributed by atoms with Crippen LogP contribution in [0.5, 0.6) is 5.75 Å². The number of carbonyl (C=O) groups is 1. The quantitative estimate of drug-likeness (QED) is 0.608. The lowest BCUT2D eigenvalue weighted by Crippen LogP contribution is -2.61. The smallest absolute Gasteiger partial charge is 0.254 e. The molecule has 0 spiro atoms. The fourth-order valence-electron chi connectivity index (χ4n) is 5.15. The van der Waals surface area contributed by atoms with Crippen LogP contribution in [0, 0.1) is 5.92 Å². The Labute approximate surface area is 162 Å². The number of nitrogens with zero attached hydrogens (tertiary/aromatic N) is 2. The molecule has 0 saturated carbocycles. The number of aliphatic hydroxyl groups excluding tert-OH is 1. The van der Waals surface area contributed by atoms with E-state index in [2.05, 4.69) is 23.8 Å². The number of phenols is 1. The third-order valence-corrected chi connectivity index (χ3v) is 6.97. The molecule has 6 nitrogen and oxygen atoms in total. The maximum atomic E-state index is 13.4.